The number of aromatic nitrogens is 1. The van der Waals surface area contributed by atoms with Crippen molar-refractivity contribution in [3.05, 3.63) is 30.1 Å². The first-order chi connectivity index (χ1) is 9.58. The number of carbonyl (C=O) groups excluding carboxylic acids is 2. The van der Waals surface area contributed by atoms with E-state index >= 15 is 0 Å². The smallest absolute Gasteiger partial charge is 0.229 e. The fraction of sp³-hybridized carbons (Fsp3) is 0.500. The Bertz CT molecular complexity index is 420. The molecule has 0 saturated heterocycles. The third-order valence-corrected chi connectivity index (χ3v) is 2.66. The average Bonchev–Trinajstić information content (AvgIpc) is 2.42. The highest BCUT2D eigenvalue weighted by atomic mass is 16.2. The van der Waals surface area contributed by atoms with Gasteiger partial charge in [-0.3, -0.25) is 14.6 Å². The quantitative estimate of drug-likeness (QED) is 0.524. The maximum Gasteiger partial charge on any atom is 0.229 e. The maximum absolute atomic E-state index is 11.6. The zero-order valence-electron chi connectivity index (χ0n) is 12.1. The second-order valence-electron chi connectivity index (χ2n) is 4.82. The number of carbonyl (C=O) groups is 2. The minimum absolute atomic E-state index is 0.132. The molecule has 1 aromatic rings. The number of rotatable bonds is 8. The third kappa shape index (κ3) is 7.48. The first kappa shape index (κ1) is 16.1. The molecule has 2 amide bonds. The van der Waals surface area contributed by atoms with Crippen molar-refractivity contribution in [3.63, 3.8) is 0 Å². The van der Waals surface area contributed by atoms with Crippen molar-refractivity contribution < 1.29 is 9.59 Å². The van der Waals surface area contributed by atoms with Gasteiger partial charge in [0.1, 0.15) is 6.42 Å². The number of hydrogen-bond donors (Lipinski definition) is 2. The van der Waals surface area contributed by atoms with Crippen LogP contribution in [0.3, 0.4) is 0 Å². The van der Waals surface area contributed by atoms with Crippen LogP contribution in [0.15, 0.2) is 24.5 Å². The van der Waals surface area contributed by atoms with Crippen molar-refractivity contribution in [2.24, 2.45) is 0 Å². The Morgan fingerprint density at radius 3 is 2.45 bits per heavy atom. The molecule has 0 unspecified atom stereocenters. The first-order valence-corrected chi connectivity index (χ1v) is 6.65. The Balaban J connectivity index is 2.13. The standard InChI is InChI=1S/C14H22N4O2/c1-18(2)9-3-6-16-13(19)10-14(20)17-11-12-4-7-15-8-5-12/h4-5,7-8H,3,6,9-11H2,1-2H3,(H,16,19)(H,17,20). The highest BCUT2D eigenvalue weighted by Gasteiger charge is 2.08. The van der Waals surface area contributed by atoms with E-state index in [1.54, 1.807) is 12.4 Å². The van der Waals surface area contributed by atoms with Gasteiger partial charge in [0.25, 0.3) is 0 Å². The van der Waals surface area contributed by atoms with Gasteiger partial charge in [-0.2, -0.15) is 0 Å². The molecule has 6 nitrogen and oxygen atoms in total. The Morgan fingerprint density at radius 1 is 1.15 bits per heavy atom. The van der Waals surface area contributed by atoms with Crippen molar-refractivity contribution in [2.75, 3.05) is 27.2 Å². The summed E-state index contributed by atoms with van der Waals surface area (Å²) in [6, 6.07) is 3.64. The number of pyridine rings is 1. The van der Waals surface area contributed by atoms with Gasteiger partial charge in [-0.05, 0) is 44.8 Å². The molecule has 0 aliphatic heterocycles. The summed E-state index contributed by atoms with van der Waals surface area (Å²) >= 11 is 0. The summed E-state index contributed by atoms with van der Waals surface area (Å²) in [5.41, 5.74) is 0.958. The third-order valence-electron chi connectivity index (χ3n) is 2.66. The lowest BCUT2D eigenvalue weighted by molar-refractivity contribution is -0.129. The molecule has 1 heterocycles. The van der Waals surface area contributed by atoms with Gasteiger partial charge in [-0.15, -0.1) is 0 Å². The summed E-state index contributed by atoms with van der Waals surface area (Å²) in [5, 5.41) is 5.43. The van der Waals surface area contributed by atoms with Gasteiger partial charge in [0, 0.05) is 25.5 Å². The molecule has 2 N–H and O–H groups in total. The molecule has 110 valence electrons. The molecule has 0 bridgehead atoms. The molecular weight excluding hydrogens is 256 g/mol. The lowest BCUT2D eigenvalue weighted by Crippen LogP contribution is -2.33. The molecule has 0 radical (unpaired) electrons. The van der Waals surface area contributed by atoms with Crippen LogP contribution in [0.5, 0.6) is 0 Å². The second-order valence-corrected chi connectivity index (χ2v) is 4.82. The number of hydrogen-bond acceptors (Lipinski definition) is 4. The van der Waals surface area contributed by atoms with Crippen LogP contribution in [0.4, 0.5) is 0 Å². The van der Waals surface area contributed by atoms with Crippen LogP contribution in [-0.2, 0) is 16.1 Å². The molecule has 1 aromatic heterocycles. The van der Waals surface area contributed by atoms with E-state index in [9.17, 15) is 9.59 Å². The summed E-state index contributed by atoms with van der Waals surface area (Å²) in [6.45, 7) is 1.92. The number of nitrogens with zero attached hydrogens (tertiary/aromatic N) is 2. The van der Waals surface area contributed by atoms with E-state index in [0.29, 0.717) is 13.1 Å². The van der Waals surface area contributed by atoms with Crippen LogP contribution in [0.2, 0.25) is 0 Å². The van der Waals surface area contributed by atoms with Crippen molar-refractivity contribution in [3.8, 4) is 0 Å². The molecule has 0 atom stereocenters. The van der Waals surface area contributed by atoms with Crippen LogP contribution >= 0.6 is 0 Å². The van der Waals surface area contributed by atoms with E-state index in [1.165, 1.54) is 0 Å². The van der Waals surface area contributed by atoms with Gasteiger partial charge < -0.3 is 15.5 Å². The summed E-state index contributed by atoms with van der Waals surface area (Å²) < 4.78 is 0. The largest absolute Gasteiger partial charge is 0.356 e. The molecule has 0 saturated carbocycles. The molecule has 0 aliphatic carbocycles. The van der Waals surface area contributed by atoms with Crippen LogP contribution in [-0.4, -0.2) is 48.9 Å². The molecule has 1 rings (SSSR count). The number of nitrogens with one attached hydrogen (secondary N) is 2. The highest BCUT2D eigenvalue weighted by Crippen LogP contribution is 1.95. The van der Waals surface area contributed by atoms with Crippen molar-refractivity contribution in [1.29, 1.82) is 0 Å². The average molecular weight is 278 g/mol. The topological polar surface area (TPSA) is 74.3 Å². The zero-order valence-corrected chi connectivity index (χ0v) is 12.1. The predicted octanol–water partition coefficient (Wildman–Crippen LogP) is 0.156. The Kier molecular flexibility index (Phi) is 7.27. The monoisotopic (exact) mass is 278 g/mol. The SMILES string of the molecule is CN(C)CCCNC(=O)CC(=O)NCc1ccncc1. The fourth-order valence-electron chi connectivity index (χ4n) is 1.60. The molecule has 6 heteroatoms. The second kappa shape index (κ2) is 9.03. The molecule has 0 aliphatic rings. The van der Waals surface area contributed by atoms with Crippen molar-refractivity contribution in [2.45, 2.75) is 19.4 Å². The number of amides is 2. The van der Waals surface area contributed by atoms with Gasteiger partial charge in [-0.25, -0.2) is 0 Å². The zero-order chi connectivity index (χ0) is 14.8. The summed E-state index contributed by atoms with van der Waals surface area (Å²) in [5.74, 6) is -0.511. The van der Waals surface area contributed by atoms with Gasteiger partial charge in [0.15, 0.2) is 0 Å². The van der Waals surface area contributed by atoms with Crippen LogP contribution in [0, 0.1) is 0 Å². The molecule has 20 heavy (non-hydrogen) atoms. The fourth-order valence-corrected chi connectivity index (χ4v) is 1.60. The minimum atomic E-state index is -0.271. The normalized spacial score (nSPS) is 10.3. The molecule has 0 fully saturated rings. The molecular formula is C14H22N4O2. The van der Waals surface area contributed by atoms with Crippen LogP contribution in [0.25, 0.3) is 0 Å². The van der Waals surface area contributed by atoms with E-state index in [4.69, 9.17) is 0 Å². The minimum Gasteiger partial charge on any atom is -0.356 e. The summed E-state index contributed by atoms with van der Waals surface area (Å²) in [6.07, 6.45) is 4.07. The van der Waals surface area contributed by atoms with Gasteiger partial charge in [0.2, 0.25) is 11.8 Å². The van der Waals surface area contributed by atoms with E-state index < -0.39 is 0 Å². The maximum atomic E-state index is 11.6. The van der Waals surface area contributed by atoms with E-state index in [-0.39, 0.29) is 18.2 Å². The Labute approximate surface area is 119 Å². The first-order valence-electron chi connectivity index (χ1n) is 6.65. The summed E-state index contributed by atoms with van der Waals surface area (Å²) in [7, 11) is 3.96. The Morgan fingerprint density at radius 2 is 1.80 bits per heavy atom. The predicted molar refractivity (Wildman–Crippen MR) is 76.9 cm³/mol. The summed E-state index contributed by atoms with van der Waals surface area (Å²) in [4.78, 5) is 29.0. The van der Waals surface area contributed by atoms with Crippen molar-refractivity contribution >= 4 is 11.8 Å². The van der Waals surface area contributed by atoms with E-state index in [2.05, 4.69) is 15.6 Å². The molecule has 0 aromatic carbocycles. The highest BCUT2D eigenvalue weighted by molar-refractivity contribution is 5.96. The van der Waals surface area contributed by atoms with Gasteiger partial charge in [-0.1, -0.05) is 0 Å². The van der Waals surface area contributed by atoms with Crippen LogP contribution in [0.1, 0.15) is 18.4 Å². The van der Waals surface area contributed by atoms with Crippen LogP contribution < -0.4 is 10.6 Å². The van der Waals surface area contributed by atoms with Crippen molar-refractivity contribution in [1.82, 2.24) is 20.5 Å². The Hall–Kier alpha value is -1.95. The van der Waals surface area contributed by atoms with E-state index in [1.807, 2.05) is 31.1 Å². The lowest BCUT2D eigenvalue weighted by atomic mass is 10.2. The lowest BCUT2D eigenvalue weighted by Gasteiger charge is -2.10. The molecule has 0 spiro atoms. The van der Waals surface area contributed by atoms with Gasteiger partial charge >= 0.3 is 0 Å². The van der Waals surface area contributed by atoms with E-state index in [0.717, 1.165) is 18.5 Å². The van der Waals surface area contributed by atoms with Gasteiger partial charge in [0.05, 0.1) is 0 Å².